The molecule has 3 nitrogen and oxygen atoms in total. The third kappa shape index (κ3) is 2.60. The minimum Gasteiger partial charge on any atom is -0.309 e. The first-order valence-corrected chi connectivity index (χ1v) is 7.30. The van der Waals surface area contributed by atoms with Crippen molar-refractivity contribution in [1.29, 1.82) is 0 Å². The van der Waals surface area contributed by atoms with E-state index in [1.165, 1.54) is 30.4 Å². The maximum Gasteiger partial charge on any atom is 0.133 e. The summed E-state index contributed by atoms with van der Waals surface area (Å²) in [7, 11) is 0. The Morgan fingerprint density at radius 3 is 3.00 bits per heavy atom. The fraction of sp³-hybridized carbons (Fsp3) is 0.333. The second-order valence-corrected chi connectivity index (χ2v) is 6.08. The lowest BCUT2D eigenvalue weighted by atomic mass is 10.1. The van der Waals surface area contributed by atoms with E-state index in [1.807, 2.05) is 6.07 Å². The van der Waals surface area contributed by atoms with Crippen LogP contribution in [0.25, 0.3) is 11.3 Å². The normalized spacial score (nSPS) is 15.0. The van der Waals surface area contributed by atoms with Gasteiger partial charge in [-0.05, 0) is 42.6 Å². The maximum atomic E-state index is 13.9. The summed E-state index contributed by atoms with van der Waals surface area (Å²) in [6, 6.07) is 5.62. The van der Waals surface area contributed by atoms with Gasteiger partial charge in [-0.1, -0.05) is 20.4 Å². The number of nitrogens with zero attached hydrogens (tertiary/aromatic N) is 2. The lowest BCUT2D eigenvalue weighted by Crippen LogP contribution is -2.15. The van der Waals surface area contributed by atoms with Crippen LogP contribution in [0.1, 0.15) is 17.7 Å². The Balaban J connectivity index is 1.88. The third-order valence-corrected chi connectivity index (χ3v) is 4.09. The van der Waals surface area contributed by atoms with Gasteiger partial charge in [-0.3, -0.25) is 0 Å². The summed E-state index contributed by atoms with van der Waals surface area (Å²) in [4.78, 5) is 0.989. The molecule has 94 valence electrons. The number of nitrogens with one attached hydrogen (secondary N) is 1. The van der Waals surface area contributed by atoms with Crippen molar-refractivity contribution in [3.63, 3.8) is 0 Å². The molecule has 1 saturated carbocycles. The van der Waals surface area contributed by atoms with Crippen molar-refractivity contribution >= 4 is 27.5 Å². The van der Waals surface area contributed by atoms with Crippen LogP contribution in [0.3, 0.4) is 0 Å². The molecule has 3 rings (SSSR count). The van der Waals surface area contributed by atoms with Crippen molar-refractivity contribution < 1.29 is 4.39 Å². The molecule has 0 saturated heterocycles. The monoisotopic (exact) mass is 327 g/mol. The van der Waals surface area contributed by atoms with E-state index in [-0.39, 0.29) is 5.82 Å². The van der Waals surface area contributed by atoms with E-state index >= 15 is 0 Å². The number of halogens is 2. The van der Waals surface area contributed by atoms with Gasteiger partial charge in [0.2, 0.25) is 0 Å². The van der Waals surface area contributed by atoms with Gasteiger partial charge in [-0.2, -0.15) is 0 Å². The SMILES string of the molecule is Fc1cc(Br)ccc1-c1nnsc1CNC1CC1. The van der Waals surface area contributed by atoms with Gasteiger partial charge in [0.05, 0.1) is 4.88 Å². The van der Waals surface area contributed by atoms with Crippen molar-refractivity contribution in [2.24, 2.45) is 0 Å². The minimum atomic E-state index is -0.273. The van der Waals surface area contributed by atoms with Crippen LogP contribution in [-0.4, -0.2) is 15.6 Å². The fourth-order valence-corrected chi connectivity index (χ4v) is 2.67. The van der Waals surface area contributed by atoms with E-state index in [4.69, 9.17) is 0 Å². The summed E-state index contributed by atoms with van der Waals surface area (Å²) in [5.74, 6) is -0.273. The Morgan fingerprint density at radius 2 is 2.28 bits per heavy atom. The summed E-state index contributed by atoms with van der Waals surface area (Å²) < 4.78 is 18.6. The topological polar surface area (TPSA) is 37.8 Å². The molecule has 1 fully saturated rings. The van der Waals surface area contributed by atoms with E-state index in [9.17, 15) is 4.39 Å². The molecule has 0 bridgehead atoms. The molecular formula is C12H11BrFN3S. The first-order valence-electron chi connectivity index (χ1n) is 5.74. The Hall–Kier alpha value is -0.850. The summed E-state index contributed by atoms with van der Waals surface area (Å²) in [6.07, 6.45) is 2.46. The van der Waals surface area contributed by atoms with Gasteiger partial charge >= 0.3 is 0 Å². The zero-order valence-corrected chi connectivity index (χ0v) is 11.9. The molecule has 0 radical (unpaired) electrons. The number of aromatic nitrogens is 2. The van der Waals surface area contributed by atoms with Crippen molar-refractivity contribution in [3.8, 4) is 11.3 Å². The second kappa shape index (κ2) is 5.03. The zero-order valence-electron chi connectivity index (χ0n) is 9.49. The minimum absolute atomic E-state index is 0.273. The predicted molar refractivity (Wildman–Crippen MR) is 72.9 cm³/mol. The Morgan fingerprint density at radius 1 is 1.44 bits per heavy atom. The van der Waals surface area contributed by atoms with Crippen LogP contribution in [0.15, 0.2) is 22.7 Å². The molecule has 2 aromatic rings. The van der Waals surface area contributed by atoms with Crippen LogP contribution in [0.5, 0.6) is 0 Å². The molecule has 18 heavy (non-hydrogen) atoms. The largest absolute Gasteiger partial charge is 0.309 e. The molecule has 0 unspecified atom stereocenters. The lowest BCUT2D eigenvalue weighted by molar-refractivity contribution is 0.629. The van der Waals surface area contributed by atoms with Crippen molar-refractivity contribution in [3.05, 3.63) is 33.4 Å². The van der Waals surface area contributed by atoms with Crippen molar-refractivity contribution in [2.75, 3.05) is 0 Å². The van der Waals surface area contributed by atoms with Crippen molar-refractivity contribution in [1.82, 2.24) is 14.9 Å². The molecule has 1 aromatic heterocycles. The highest BCUT2D eigenvalue weighted by Gasteiger charge is 2.22. The fourth-order valence-electron chi connectivity index (χ4n) is 1.74. The van der Waals surface area contributed by atoms with Crippen LogP contribution < -0.4 is 5.32 Å². The molecule has 1 heterocycles. The van der Waals surface area contributed by atoms with Crippen LogP contribution in [0.4, 0.5) is 4.39 Å². The lowest BCUT2D eigenvalue weighted by Gasteiger charge is -2.04. The molecule has 0 atom stereocenters. The van der Waals surface area contributed by atoms with E-state index in [0.717, 1.165) is 9.35 Å². The van der Waals surface area contributed by atoms with Gasteiger partial charge in [0.25, 0.3) is 0 Å². The predicted octanol–water partition coefficient (Wildman–Crippen LogP) is 3.36. The Labute approximate surface area is 117 Å². The molecule has 1 N–H and O–H groups in total. The molecule has 0 amide bonds. The van der Waals surface area contributed by atoms with E-state index < -0.39 is 0 Å². The van der Waals surface area contributed by atoms with Crippen molar-refractivity contribution in [2.45, 2.75) is 25.4 Å². The molecular weight excluding hydrogens is 317 g/mol. The molecule has 1 aromatic carbocycles. The summed E-state index contributed by atoms with van der Waals surface area (Å²) in [6.45, 7) is 0.715. The summed E-state index contributed by atoms with van der Waals surface area (Å²) in [5.41, 5.74) is 1.16. The summed E-state index contributed by atoms with van der Waals surface area (Å²) in [5, 5.41) is 7.45. The molecule has 0 spiro atoms. The van der Waals surface area contributed by atoms with E-state index in [0.29, 0.717) is 23.8 Å². The van der Waals surface area contributed by atoms with Gasteiger partial charge in [0.1, 0.15) is 11.5 Å². The quantitative estimate of drug-likeness (QED) is 0.935. The third-order valence-electron chi connectivity index (χ3n) is 2.87. The first kappa shape index (κ1) is 12.2. The molecule has 6 heteroatoms. The average molecular weight is 328 g/mol. The van der Waals surface area contributed by atoms with Crippen LogP contribution in [-0.2, 0) is 6.54 Å². The standard InChI is InChI=1S/C12H11BrFN3S/c13-7-1-4-9(10(14)5-7)12-11(18-17-16-12)6-15-8-2-3-8/h1,4-5,8,15H,2-3,6H2. The molecule has 0 aliphatic heterocycles. The van der Waals surface area contributed by atoms with Gasteiger partial charge in [-0.25, -0.2) is 4.39 Å². The molecule has 1 aliphatic rings. The maximum absolute atomic E-state index is 13.9. The van der Waals surface area contributed by atoms with Gasteiger partial charge < -0.3 is 5.32 Å². The highest BCUT2D eigenvalue weighted by Crippen LogP contribution is 2.29. The number of hydrogen-bond donors (Lipinski definition) is 1. The van der Waals surface area contributed by atoms with Crippen LogP contribution >= 0.6 is 27.5 Å². The number of rotatable bonds is 4. The highest BCUT2D eigenvalue weighted by atomic mass is 79.9. The number of benzene rings is 1. The average Bonchev–Trinajstić information content (AvgIpc) is 3.06. The van der Waals surface area contributed by atoms with Crippen LogP contribution in [0.2, 0.25) is 0 Å². The zero-order chi connectivity index (χ0) is 12.5. The van der Waals surface area contributed by atoms with Crippen LogP contribution in [0, 0.1) is 5.82 Å². The molecule has 1 aliphatic carbocycles. The highest BCUT2D eigenvalue weighted by molar-refractivity contribution is 9.10. The summed E-state index contributed by atoms with van der Waals surface area (Å²) >= 11 is 4.58. The Bertz CT molecular complexity index is 568. The van der Waals surface area contributed by atoms with Gasteiger partial charge in [-0.15, -0.1) is 5.10 Å². The van der Waals surface area contributed by atoms with Gasteiger partial charge in [0.15, 0.2) is 0 Å². The van der Waals surface area contributed by atoms with E-state index in [2.05, 4.69) is 30.8 Å². The van der Waals surface area contributed by atoms with E-state index in [1.54, 1.807) is 6.07 Å². The second-order valence-electron chi connectivity index (χ2n) is 4.32. The Kier molecular flexibility index (Phi) is 3.41. The van der Waals surface area contributed by atoms with Gasteiger partial charge in [0, 0.05) is 22.6 Å². The first-order chi connectivity index (χ1) is 8.74. The number of hydrogen-bond acceptors (Lipinski definition) is 4. The smallest absolute Gasteiger partial charge is 0.133 e.